The van der Waals surface area contributed by atoms with Crippen LogP contribution in [0, 0.1) is 0 Å². The molecule has 3 heterocycles. The van der Waals surface area contributed by atoms with Crippen LogP contribution in [0.3, 0.4) is 0 Å². The maximum absolute atomic E-state index is 12.3. The fourth-order valence-corrected chi connectivity index (χ4v) is 3.25. The van der Waals surface area contributed by atoms with E-state index in [2.05, 4.69) is 25.3 Å². The predicted molar refractivity (Wildman–Crippen MR) is 106 cm³/mol. The van der Waals surface area contributed by atoms with Crippen molar-refractivity contribution in [2.24, 2.45) is 0 Å². The summed E-state index contributed by atoms with van der Waals surface area (Å²) < 4.78 is 7.05. The maximum Gasteiger partial charge on any atom is 0.228 e. The second-order valence-electron chi connectivity index (χ2n) is 6.32. The van der Waals surface area contributed by atoms with Crippen molar-refractivity contribution in [2.75, 3.05) is 36.5 Å². The molecule has 0 atom stereocenters. The highest BCUT2D eigenvalue weighted by Crippen LogP contribution is 2.23. The van der Waals surface area contributed by atoms with Gasteiger partial charge in [0, 0.05) is 18.1 Å². The van der Waals surface area contributed by atoms with Gasteiger partial charge in [0.05, 0.1) is 43.9 Å². The number of carbonyl (C=O) groups is 1. The van der Waals surface area contributed by atoms with E-state index in [0.29, 0.717) is 29.7 Å². The first-order valence-electron chi connectivity index (χ1n) is 8.92. The minimum Gasteiger partial charge on any atom is -0.378 e. The van der Waals surface area contributed by atoms with Crippen molar-refractivity contribution >= 4 is 28.9 Å². The van der Waals surface area contributed by atoms with Crippen LogP contribution >= 0.6 is 11.6 Å². The van der Waals surface area contributed by atoms with Gasteiger partial charge in [-0.2, -0.15) is 5.10 Å². The van der Waals surface area contributed by atoms with Crippen molar-refractivity contribution < 1.29 is 9.53 Å². The van der Waals surface area contributed by atoms with E-state index in [-0.39, 0.29) is 12.3 Å². The summed E-state index contributed by atoms with van der Waals surface area (Å²) in [4.78, 5) is 23.0. The topological polar surface area (TPSA) is 85.2 Å². The molecule has 1 amide bonds. The SMILES string of the molecule is O=C(Cc1ccccc1Cl)Nc1cnn(-c2ncncc2N2CCOCC2)c1. The fourth-order valence-electron chi connectivity index (χ4n) is 3.04. The molecular weight excluding hydrogens is 380 g/mol. The Bertz CT molecular complexity index is 970. The molecule has 1 fully saturated rings. The third-order valence-electron chi connectivity index (χ3n) is 4.42. The number of amides is 1. The molecule has 1 N–H and O–H groups in total. The largest absolute Gasteiger partial charge is 0.378 e. The highest BCUT2D eigenvalue weighted by Gasteiger charge is 2.18. The highest BCUT2D eigenvalue weighted by molar-refractivity contribution is 6.31. The first-order valence-corrected chi connectivity index (χ1v) is 9.29. The number of nitrogens with one attached hydrogen (secondary N) is 1. The minimum atomic E-state index is -0.163. The number of halogens is 1. The molecule has 144 valence electrons. The fraction of sp³-hybridized carbons (Fsp3) is 0.263. The van der Waals surface area contributed by atoms with Gasteiger partial charge >= 0.3 is 0 Å². The van der Waals surface area contributed by atoms with E-state index in [1.165, 1.54) is 6.33 Å². The van der Waals surface area contributed by atoms with E-state index in [1.54, 1.807) is 29.3 Å². The summed E-state index contributed by atoms with van der Waals surface area (Å²) in [6.45, 7) is 2.86. The molecule has 0 aliphatic carbocycles. The Kier molecular flexibility index (Phi) is 5.50. The van der Waals surface area contributed by atoms with Crippen LogP contribution in [0.5, 0.6) is 0 Å². The van der Waals surface area contributed by atoms with Crippen molar-refractivity contribution in [3.63, 3.8) is 0 Å². The number of benzene rings is 1. The average Bonchev–Trinajstić information content (AvgIpc) is 3.18. The van der Waals surface area contributed by atoms with E-state index in [9.17, 15) is 4.79 Å². The van der Waals surface area contributed by atoms with E-state index in [0.717, 1.165) is 24.3 Å². The Labute approximate surface area is 167 Å². The minimum absolute atomic E-state index is 0.163. The van der Waals surface area contributed by atoms with Gasteiger partial charge in [0.15, 0.2) is 5.82 Å². The van der Waals surface area contributed by atoms with Crippen LogP contribution in [0.2, 0.25) is 5.02 Å². The lowest BCUT2D eigenvalue weighted by molar-refractivity contribution is -0.115. The number of hydrogen-bond acceptors (Lipinski definition) is 6. The zero-order chi connectivity index (χ0) is 19.3. The quantitative estimate of drug-likeness (QED) is 0.710. The Morgan fingerprint density at radius 3 is 2.86 bits per heavy atom. The van der Waals surface area contributed by atoms with Crippen LogP contribution in [0.1, 0.15) is 5.56 Å². The van der Waals surface area contributed by atoms with Crippen molar-refractivity contribution in [2.45, 2.75) is 6.42 Å². The molecule has 9 heteroatoms. The van der Waals surface area contributed by atoms with E-state index >= 15 is 0 Å². The third kappa shape index (κ3) is 4.13. The first-order chi connectivity index (χ1) is 13.7. The van der Waals surface area contributed by atoms with Crippen molar-refractivity contribution in [1.29, 1.82) is 0 Å². The van der Waals surface area contributed by atoms with Crippen LogP contribution in [0.25, 0.3) is 5.82 Å². The molecule has 0 saturated carbocycles. The number of anilines is 2. The van der Waals surface area contributed by atoms with Crippen LogP contribution in [0.15, 0.2) is 49.2 Å². The van der Waals surface area contributed by atoms with Gasteiger partial charge in [-0.05, 0) is 11.6 Å². The zero-order valence-corrected chi connectivity index (χ0v) is 15.8. The van der Waals surface area contributed by atoms with Crippen molar-refractivity contribution in [1.82, 2.24) is 19.7 Å². The summed E-state index contributed by atoms with van der Waals surface area (Å²) in [5, 5.41) is 7.77. The maximum atomic E-state index is 12.3. The average molecular weight is 399 g/mol. The van der Waals surface area contributed by atoms with Gasteiger partial charge in [-0.1, -0.05) is 29.8 Å². The van der Waals surface area contributed by atoms with Crippen LogP contribution in [-0.2, 0) is 16.0 Å². The Hall–Kier alpha value is -2.97. The summed E-state index contributed by atoms with van der Waals surface area (Å²) in [6, 6.07) is 7.29. The second-order valence-corrected chi connectivity index (χ2v) is 6.73. The zero-order valence-electron chi connectivity index (χ0n) is 15.1. The van der Waals surface area contributed by atoms with Crippen LogP contribution < -0.4 is 10.2 Å². The van der Waals surface area contributed by atoms with Crippen molar-refractivity contribution in [3.05, 3.63) is 59.8 Å². The molecule has 8 nitrogen and oxygen atoms in total. The molecule has 3 aromatic rings. The lowest BCUT2D eigenvalue weighted by atomic mass is 10.1. The van der Waals surface area contributed by atoms with Gasteiger partial charge in [0.1, 0.15) is 12.0 Å². The molecule has 1 saturated heterocycles. The molecule has 0 bridgehead atoms. The molecule has 0 radical (unpaired) electrons. The number of nitrogens with zero attached hydrogens (tertiary/aromatic N) is 5. The van der Waals surface area contributed by atoms with Gasteiger partial charge in [-0.25, -0.2) is 14.6 Å². The van der Waals surface area contributed by atoms with Crippen LogP contribution in [0.4, 0.5) is 11.4 Å². The standard InChI is InChI=1S/C19H19ClN6O2/c20-16-4-2-1-3-14(16)9-18(27)24-15-10-23-26(12-15)19-17(11-21-13-22-19)25-5-7-28-8-6-25/h1-4,10-13H,5-9H2,(H,24,27). The molecule has 4 rings (SSSR count). The molecule has 28 heavy (non-hydrogen) atoms. The van der Waals surface area contributed by atoms with E-state index in [1.807, 2.05) is 18.2 Å². The summed E-state index contributed by atoms with van der Waals surface area (Å²) in [5.41, 5.74) is 2.24. The first kappa shape index (κ1) is 18.4. The van der Waals surface area contributed by atoms with E-state index < -0.39 is 0 Å². The van der Waals surface area contributed by atoms with Gasteiger partial charge in [-0.15, -0.1) is 0 Å². The smallest absolute Gasteiger partial charge is 0.228 e. The van der Waals surface area contributed by atoms with Crippen LogP contribution in [-0.4, -0.2) is 52.0 Å². The number of rotatable bonds is 5. The molecule has 1 aliphatic heterocycles. The summed E-state index contributed by atoms with van der Waals surface area (Å²) in [6.07, 6.45) is 6.77. The number of carbonyl (C=O) groups excluding carboxylic acids is 1. The number of hydrogen-bond donors (Lipinski definition) is 1. The Morgan fingerprint density at radius 2 is 2.04 bits per heavy atom. The number of morpholine rings is 1. The van der Waals surface area contributed by atoms with Gasteiger partial charge < -0.3 is 15.0 Å². The third-order valence-corrected chi connectivity index (χ3v) is 4.79. The predicted octanol–water partition coefficient (Wildman–Crippen LogP) is 2.33. The lowest BCUT2D eigenvalue weighted by Gasteiger charge is -2.29. The normalized spacial score (nSPS) is 14.1. The van der Waals surface area contributed by atoms with E-state index in [4.69, 9.17) is 16.3 Å². The Morgan fingerprint density at radius 1 is 1.21 bits per heavy atom. The number of ether oxygens (including phenoxy) is 1. The molecular formula is C19H19ClN6O2. The molecule has 0 unspecified atom stereocenters. The molecule has 2 aromatic heterocycles. The second kappa shape index (κ2) is 8.37. The molecule has 0 spiro atoms. The summed E-state index contributed by atoms with van der Waals surface area (Å²) in [5.74, 6) is 0.493. The van der Waals surface area contributed by atoms with Gasteiger partial charge in [0.25, 0.3) is 0 Å². The lowest BCUT2D eigenvalue weighted by Crippen LogP contribution is -2.37. The summed E-state index contributed by atoms with van der Waals surface area (Å²) >= 11 is 6.12. The van der Waals surface area contributed by atoms with Gasteiger partial charge in [-0.3, -0.25) is 4.79 Å². The summed E-state index contributed by atoms with van der Waals surface area (Å²) in [7, 11) is 0. The highest BCUT2D eigenvalue weighted by atomic mass is 35.5. The monoisotopic (exact) mass is 398 g/mol. The number of aromatic nitrogens is 4. The molecule has 1 aromatic carbocycles. The van der Waals surface area contributed by atoms with Crippen molar-refractivity contribution in [3.8, 4) is 5.82 Å². The Balaban J connectivity index is 1.49. The molecule has 1 aliphatic rings. The van der Waals surface area contributed by atoms with Gasteiger partial charge in [0.2, 0.25) is 5.91 Å².